The van der Waals surface area contributed by atoms with Crippen LogP contribution in [0.5, 0.6) is 5.75 Å². The van der Waals surface area contributed by atoms with Crippen molar-refractivity contribution in [2.24, 2.45) is 0 Å². The van der Waals surface area contributed by atoms with Crippen molar-refractivity contribution in [3.05, 3.63) is 41.2 Å². The van der Waals surface area contributed by atoms with Gasteiger partial charge in [-0.2, -0.15) is 0 Å². The summed E-state index contributed by atoms with van der Waals surface area (Å²) in [5.74, 6) is 0.930. The minimum Gasteiger partial charge on any atom is -0.495 e. The molecule has 8 heteroatoms. The molecule has 0 bridgehead atoms. The fourth-order valence-corrected chi connectivity index (χ4v) is 3.07. The van der Waals surface area contributed by atoms with Gasteiger partial charge in [-0.05, 0) is 24.7 Å². The summed E-state index contributed by atoms with van der Waals surface area (Å²) in [5.41, 5.74) is 0.980. The van der Waals surface area contributed by atoms with E-state index >= 15 is 0 Å². The van der Waals surface area contributed by atoms with E-state index in [-0.39, 0.29) is 5.91 Å². The molecule has 0 spiro atoms. The van der Waals surface area contributed by atoms with Gasteiger partial charge >= 0.3 is 0 Å². The zero-order chi connectivity index (χ0) is 18.5. The van der Waals surface area contributed by atoms with Crippen molar-refractivity contribution in [2.45, 2.75) is 6.92 Å². The zero-order valence-corrected chi connectivity index (χ0v) is 15.7. The Morgan fingerprint density at radius 2 is 1.92 bits per heavy atom. The van der Waals surface area contributed by atoms with Gasteiger partial charge in [-0.3, -0.25) is 4.79 Å². The summed E-state index contributed by atoms with van der Waals surface area (Å²) in [6.45, 7) is 7.01. The third-order valence-electron chi connectivity index (χ3n) is 4.41. The molecule has 1 fully saturated rings. The second-order valence-corrected chi connectivity index (χ2v) is 6.40. The van der Waals surface area contributed by atoms with Crippen LogP contribution in [-0.4, -0.2) is 60.6 Å². The van der Waals surface area contributed by atoms with Gasteiger partial charge in [-0.25, -0.2) is 9.97 Å². The SMILES string of the molecule is CCN1CCN(c2ncc(C(=O)Nc3ccc(OC)c(Cl)c3)cn2)CC1. The fraction of sp³-hybridized carbons (Fsp3) is 0.389. The maximum absolute atomic E-state index is 12.4. The minimum absolute atomic E-state index is 0.284. The minimum atomic E-state index is -0.284. The highest BCUT2D eigenvalue weighted by atomic mass is 35.5. The number of benzene rings is 1. The number of methoxy groups -OCH3 is 1. The Morgan fingerprint density at radius 3 is 2.50 bits per heavy atom. The maximum Gasteiger partial charge on any atom is 0.258 e. The molecule has 7 nitrogen and oxygen atoms in total. The van der Waals surface area contributed by atoms with Crippen molar-refractivity contribution in [1.82, 2.24) is 14.9 Å². The third-order valence-corrected chi connectivity index (χ3v) is 4.71. The number of piperazine rings is 1. The van der Waals surface area contributed by atoms with E-state index in [1.54, 1.807) is 37.7 Å². The highest BCUT2D eigenvalue weighted by Crippen LogP contribution is 2.27. The van der Waals surface area contributed by atoms with Gasteiger partial charge in [0.05, 0.1) is 17.7 Å². The lowest BCUT2D eigenvalue weighted by Gasteiger charge is -2.33. The largest absolute Gasteiger partial charge is 0.495 e. The molecule has 2 aromatic rings. The van der Waals surface area contributed by atoms with Crippen LogP contribution in [0.15, 0.2) is 30.6 Å². The predicted octanol–water partition coefficient (Wildman–Crippen LogP) is 2.53. The lowest BCUT2D eigenvalue weighted by molar-refractivity contribution is 0.102. The van der Waals surface area contributed by atoms with E-state index in [2.05, 4.69) is 32.0 Å². The first-order valence-corrected chi connectivity index (χ1v) is 8.92. The molecule has 3 rings (SSSR count). The van der Waals surface area contributed by atoms with Crippen molar-refractivity contribution in [1.29, 1.82) is 0 Å². The van der Waals surface area contributed by atoms with E-state index in [4.69, 9.17) is 16.3 Å². The summed E-state index contributed by atoms with van der Waals surface area (Å²) in [6.07, 6.45) is 3.10. The second kappa shape index (κ2) is 8.33. The molecule has 1 aliphatic rings. The molecule has 2 heterocycles. The van der Waals surface area contributed by atoms with Gasteiger partial charge in [0.2, 0.25) is 5.95 Å². The van der Waals surface area contributed by atoms with Crippen LogP contribution < -0.4 is 15.0 Å². The number of anilines is 2. The number of hydrogen-bond donors (Lipinski definition) is 1. The first-order chi connectivity index (χ1) is 12.6. The Hall–Kier alpha value is -2.38. The summed E-state index contributed by atoms with van der Waals surface area (Å²) in [6, 6.07) is 5.07. The fourth-order valence-electron chi connectivity index (χ4n) is 2.81. The first kappa shape index (κ1) is 18.4. The number of nitrogens with one attached hydrogen (secondary N) is 1. The summed E-state index contributed by atoms with van der Waals surface area (Å²) < 4.78 is 5.10. The van der Waals surface area contributed by atoms with E-state index < -0.39 is 0 Å². The van der Waals surface area contributed by atoms with Crippen LogP contribution in [-0.2, 0) is 0 Å². The van der Waals surface area contributed by atoms with Gasteiger partial charge in [0.1, 0.15) is 5.75 Å². The molecular formula is C18H22ClN5O2. The topological polar surface area (TPSA) is 70.6 Å². The van der Waals surface area contributed by atoms with Crippen LogP contribution in [0.1, 0.15) is 17.3 Å². The number of carbonyl (C=O) groups excluding carboxylic acids is 1. The molecule has 0 unspecified atom stereocenters. The van der Waals surface area contributed by atoms with E-state index in [0.717, 1.165) is 32.7 Å². The molecule has 0 aliphatic carbocycles. The van der Waals surface area contributed by atoms with Gasteiger partial charge in [0.15, 0.2) is 0 Å². The molecule has 1 aromatic carbocycles. The highest BCUT2D eigenvalue weighted by Gasteiger charge is 2.18. The highest BCUT2D eigenvalue weighted by molar-refractivity contribution is 6.32. The molecule has 1 aliphatic heterocycles. The van der Waals surface area contributed by atoms with E-state index in [1.807, 2.05) is 0 Å². The molecule has 1 aromatic heterocycles. The van der Waals surface area contributed by atoms with E-state index in [9.17, 15) is 4.79 Å². The summed E-state index contributed by atoms with van der Waals surface area (Å²) in [7, 11) is 1.54. The van der Waals surface area contributed by atoms with Crippen LogP contribution in [0.3, 0.4) is 0 Å². The maximum atomic E-state index is 12.4. The number of nitrogens with zero attached hydrogens (tertiary/aromatic N) is 4. The lowest BCUT2D eigenvalue weighted by Crippen LogP contribution is -2.46. The Bertz CT molecular complexity index is 761. The number of aromatic nitrogens is 2. The Balaban J connectivity index is 1.63. The van der Waals surface area contributed by atoms with E-state index in [1.165, 1.54) is 0 Å². The number of rotatable bonds is 5. The smallest absolute Gasteiger partial charge is 0.258 e. The molecule has 26 heavy (non-hydrogen) atoms. The molecule has 0 atom stereocenters. The van der Waals surface area contributed by atoms with Crippen LogP contribution >= 0.6 is 11.6 Å². The van der Waals surface area contributed by atoms with Gasteiger partial charge in [0, 0.05) is 44.3 Å². The number of likely N-dealkylation sites (N-methyl/N-ethyl adjacent to an activating group) is 1. The number of amides is 1. The van der Waals surface area contributed by atoms with Crippen LogP contribution in [0, 0.1) is 0 Å². The number of halogens is 1. The molecular weight excluding hydrogens is 354 g/mol. The van der Waals surface area contributed by atoms with Crippen LogP contribution in [0.2, 0.25) is 5.02 Å². The number of ether oxygens (including phenoxy) is 1. The molecule has 0 saturated carbocycles. The van der Waals surface area contributed by atoms with Gasteiger partial charge < -0.3 is 19.9 Å². The van der Waals surface area contributed by atoms with Gasteiger partial charge in [-0.15, -0.1) is 0 Å². The van der Waals surface area contributed by atoms with Crippen LogP contribution in [0.4, 0.5) is 11.6 Å². The predicted molar refractivity (Wildman–Crippen MR) is 102 cm³/mol. The first-order valence-electron chi connectivity index (χ1n) is 8.55. The third kappa shape index (κ3) is 4.23. The van der Waals surface area contributed by atoms with Crippen molar-refractivity contribution in [2.75, 3.05) is 50.1 Å². The normalized spacial score (nSPS) is 15.0. The quantitative estimate of drug-likeness (QED) is 0.866. The van der Waals surface area contributed by atoms with Gasteiger partial charge in [0.25, 0.3) is 5.91 Å². The molecule has 138 valence electrons. The monoisotopic (exact) mass is 375 g/mol. The van der Waals surface area contributed by atoms with Crippen molar-refractivity contribution < 1.29 is 9.53 Å². The lowest BCUT2D eigenvalue weighted by atomic mass is 10.2. The molecule has 1 saturated heterocycles. The average Bonchev–Trinajstić information content (AvgIpc) is 2.68. The van der Waals surface area contributed by atoms with Crippen molar-refractivity contribution >= 4 is 29.1 Å². The van der Waals surface area contributed by atoms with Gasteiger partial charge in [-0.1, -0.05) is 18.5 Å². The average molecular weight is 376 g/mol. The zero-order valence-electron chi connectivity index (χ0n) is 14.9. The molecule has 0 radical (unpaired) electrons. The van der Waals surface area contributed by atoms with Crippen molar-refractivity contribution in [3.63, 3.8) is 0 Å². The molecule has 1 N–H and O–H groups in total. The number of hydrogen-bond acceptors (Lipinski definition) is 6. The Kier molecular flexibility index (Phi) is 5.90. The Labute approximate surface area is 157 Å². The van der Waals surface area contributed by atoms with Crippen LogP contribution in [0.25, 0.3) is 0 Å². The standard InChI is InChI=1S/C18H22ClN5O2/c1-3-23-6-8-24(9-7-23)18-20-11-13(12-21-18)17(25)22-14-4-5-16(26-2)15(19)10-14/h4-5,10-12H,3,6-9H2,1-2H3,(H,22,25). The number of carbonyl (C=O) groups is 1. The summed E-state index contributed by atoms with van der Waals surface area (Å²) in [4.78, 5) is 25.6. The second-order valence-electron chi connectivity index (χ2n) is 6.00. The summed E-state index contributed by atoms with van der Waals surface area (Å²) in [5, 5.41) is 3.22. The Morgan fingerprint density at radius 1 is 1.23 bits per heavy atom. The van der Waals surface area contributed by atoms with E-state index in [0.29, 0.717) is 28.0 Å². The molecule has 1 amide bonds. The van der Waals surface area contributed by atoms with Crippen molar-refractivity contribution in [3.8, 4) is 5.75 Å². The summed E-state index contributed by atoms with van der Waals surface area (Å²) >= 11 is 6.08.